The third-order valence-corrected chi connectivity index (χ3v) is 7.62. The molecular formula is C22H17BrN2O5S2. The Labute approximate surface area is 197 Å². The highest BCUT2D eigenvalue weighted by atomic mass is 79.9. The minimum atomic E-state index is -3.96. The van der Waals surface area contributed by atoms with Crippen LogP contribution in [0.5, 0.6) is 0 Å². The average molecular weight is 533 g/mol. The number of hydrogen-bond acceptors (Lipinski definition) is 7. The summed E-state index contributed by atoms with van der Waals surface area (Å²) in [5.74, 6) is 0.441. The van der Waals surface area contributed by atoms with E-state index in [1.54, 1.807) is 48.5 Å². The Hall–Kier alpha value is -2.82. The second kappa shape index (κ2) is 9.76. The van der Waals surface area contributed by atoms with Gasteiger partial charge in [0.15, 0.2) is 0 Å². The summed E-state index contributed by atoms with van der Waals surface area (Å²) in [7, 11) is -3.96. The number of amides is 1. The van der Waals surface area contributed by atoms with Crippen molar-refractivity contribution < 1.29 is 22.0 Å². The smallest absolute Gasteiger partial charge is 0.230 e. The molecule has 0 bridgehead atoms. The van der Waals surface area contributed by atoms with Crippen molar-refractivity contribution in [3.63, 3.8) is 0 Å². The monoisotopic (exact) mass is 532 g/mol. The van der Waals surface area contributed by atoms with Crippen LogP contribution in [0.3, 0.4) is 0 Å². The van der Waals surface area contributed by atoms with Crippen LogP contribution in [0.1, 0.15) is 5.76 Å². The molecule has 32 heavy (non-hydrogen) atoms. The Kier molecular flexibility index (Phi) is 6.83. The van der Waals surface area contributed by atoms with E-state index in [9.17, 15) is 13.2 Å². The first-order valence-corrected chi connectivity index (χ1v) is 12.7. The molecule has 0 atom stereocenters. The molecule has 164 valence electrons. The number of rotatable bonds is 8. The maximum Gasteiger partial charge on any atom is 0.230 e. The highest BCUT2D eigenvalue weighted by Gasteiger charge is 2.29. The number of hydrogen-bond donors (Lipinski definition) is 1. The normalized spacial score (nSPS) is 11.4. The number of furan rings is 1. The fraction of sp³-hybridized carbons (Fsp3) is 0.0909. The number of halogens is 1. The number of thioether (sulfide) groups is 1. The highest BCUT2D eigenvalue weighted by Crippen LogP contribution is 2.35. The summed E-state index contributed by atoms with van der Waals surface area (Å²) in [5.41, 5.74) is 0.633. The molecule has 0 aliphatic rings. The van der Waals surface area contributed by atoms with Gasteiger partial charge in [0.05, 0.1) is 23.5 Å². The number of carbonyl (C=O) groups is 1. The van der Waals surface area contributed by atoms with Crippen LogP contribution in [0.4, 0.5) is 0 Å². The zero-order chi connectivity index (χ0) is 22.6. The minimum Gasteiger partial charge on any atom is -0.467 e. The molecule has 0 aliphatic carbocycles. The summed E-state index contributed by atoms with van der Waals surface area (Å²) < 4.78 is 38.3. The quantitative estimate of drug-likeness (QED) is 0.320. The van der Waals surface area contributed by atoms with Crippen LogP contribution in [-0.2, 0) is 21.2 Å². The van der Waals surface area contributed by atoms with Gasteiger partial charge in [0.1, 0.15) is 5.76 Å². The summed E-state index contributed by atoms with van der Waals surface area (Å²) in [6.45, 7) is 0.238. The molecule has 10 heteroatoms. The van der Waals surface area contributed by atoms with E-state index in [0.29, 0.717) is 11.3 Å². The molecule has 0 radical (unpaired) electrons. The number of nitrogens with zero attached hydrogens (tertiary/aromatic N) is 1. The van der Waals surface area contributed by atoms with Crippen molar-refractivity contribution in [2.24, 2.45) is 0 Å². The van der Waals surface area contributed by atoms with Gasteiger partial charge >= 0.3 is 0 Å². The van der Waals surface area contributed by atoms with Gasteiger partial charge in [0, 0.05) is 10.0 Å². The molecule has 1 N–H and O–H groups in total. The van der Waals surface area contributed by atoms with E-state index in [-0.39, 0.29) is 39.1 Å². The van der Waals surface area contributed by atoms with Crippen LogP contribution < -0.4 is 5.32 Å². The van der Waals surface area contributed by atoms with Crippen molar-refractivity contribution in [2.45, 2.75) is 21.6 Å². The summed E-state index contributed by atoms with van der Waals surface area (Å²) in [6, 6.07) is 18.7. The number of carbonyl (C=O) groups excluding carboxylic acids is 1. The van der Waals surface area contributed by atoms with Gasteiger partial charge in [0.2, 0.25) is 31.8 Å². The molecule has 0 aliphatic heterocycles. The van der Waals surface area contributed by atoms with Crippen molar-refractivity contribution in [3.05, 3.63) is 83.2 Å². The van der Waals surface area contributed by atoms with Gasteiger partial charge in [-0.15, -0.1) is 0 Å². The predicted molar refractivity (Wildman–Crippen MR) is 123 cm³/mol. The van der Waals surface area contributed by atoms with E-state index in [2.05, 4.69) is 26.2 Å². The van der Waals surface area contributed by atoms with E-state index in [1.807, 2.05) is 6.07 Å². The Morgan fingerprint density at radius 2 is 1.78 bits per heavy atom. The van der Waals surface area contributed by atoms with Crippen LogP contribution in [0.2, 0.25) is 0 Å². The van der Waals surface area contributed by atoms with Crippen molar-refractivity contribution >= 4 is 43.4 Å². The first kappa shape index (κ1) is 22.4. The molecule has 2 heterocycles. The molecule has 0 saturated heterocycles. The largest absolute Gasteiger partial charge is 0.467 e. The molecule has 4 rings (SSSR count). The third kappa shape index (κ3) is 5.14. The number of oxazole rings is 1. The second-order valence-corrected chi connectivity index (χ2v) is 10.3. The molecule has 0 spiro atoms. The summed E-state index contributed by atoms with van der Waals surface area (Å²) in [5, 5.41) is 2.56. The van der Waals surface area contributed by atoms with Crippen molar-refractivity contribution in [3.8, 4) is 11.5 Å². The molecule has 0 unspecified atom stereocenters. The molecule has 2 aromatic carbocycles. The molecule has 2 aromatic heterocycles. The van der Waals surface area contributed by atoms with Gasteiger partial charge in [-0.3, -0.25) is 4.79 Å². The summed E-state index contributed by atoms with van der Waals surface area (Å²) in [4.78, 5) is 16.6. The molecule has 0 fully saturated rings. The lowest BCUT2D eigenvalue weighted by atomic mass is 10.2. The van der Waals surface area contributed by atoms with E-state index in [4.69, 9.17) is 8.83 Å². The van der Waals surface area contributed by atoms with Gasteiger partial charge in [-0.1, -0.05) is 45.9 Å². The summed E-state index contributed by atoms with van der Waals surface area (Å²) >= 11 is 4.28. The van der Waals surface area contributed by atoms with Crippen LogP contribution in [0, 0.1) is 0 Å². The fourth-order valence-corrected chi connectivity index (χ4v) is 5.39. The average Bonchev–Trinajstić information content (AvgIpc) is 3.47. The van der Waals surface area contributed by atoms with Gasteiger partial charge in [-0.2, -0.15) is 4.98 Å². The Balaban J connectivity index is 1.60. The SMILES string of the molecule is O=C(CSc1oc(-c2ccccc2)nc1S(=O)(=O)c1ccc(Br)cc1)NCc1ccco1. The highest BCUT2D eigenvalue weighted by molar-refractivity contribution is 9.10. The van der Waals surface area contributed by atoms with Crippen molar-refractivity contribution in [1.82, 2.24) is 10.3 Å². The first-order chi connectivity index (χ1) is 15.4. The lowest BCUT2D eigenvalue weighted by Gasteiger charge is -2.04. The predicted octanol–water partition coefficient (Wildman–Crippen LogP) is 4.94. The Bertz CT molecular complexity index is 1300. The second-order valence-electron chi connectivity index (χ2n) is 6.58. The van der Waals surface area contributed by atoms with Crippen molar-refractivity contribution in [1.29, 1.82) is 0 Å². The molecular weight excluding hydrogens is 516 g/mol. The van der Waals surface area contributed by atoms with Gasteiger partial charge in [-0.05, 0) is 48.5 Å². The summed E-state index contributed by atoms with van der Waals surface area (Å²) in [6.07, 6.45) is 1.52. The number of aromatic nitrogens is 1. The fourth-order valence-electron chi connectivity index (χ4n) is 2.76. The molecule has 0 saturated carbocycles. The molecule has 1 amide bonds. The first-order valence-electron chi connectivity index (χ1n) is 9.42. The zero-order valence-electron chi connectivity index (χ0n) is 16.5. The molecule has 7 nitrogen and oxygen atoms in total. The maximum atomic E-state index is 13.3. The van der Waals surface area contributed by atoms with Crippen LogP contribution in [0.15, 0.2) is 101 Å². The topological polar surface area (TPSA) is 102 Å². The van der Waals surface area contributed by atoms with Gasteiger partial charge in [0.25, 0.3) is 0 Å². The standard InChI is InChI=1S/C22H17BrN2O5S2/c23-16-8-10-18(11-9-16)32(27,28)21-22(30-20(25-21)15-5-2-1-3-6-15)31-14-19(26)24-13-17-7-4-12-29-17/h1-12H,13-14H2,(H,24,26). The van der Waals surface area contributed by atoms with Crippen LogP contribution in [-0.4, -0.2) is 25.1 Å². The molecule has 4 aromatic rings. The number of sulfone groups is 1. The van der Waals surface area contributed by atoms with E-state index in [1.165, 1.54) is 18.4 Å². The lowest BCUT2D eigenvalue weighted by molar-refractivity contribution is -0.118. The van der Waals surface area contributed by atoms with Gasteiger partial charge in [-0.25, -0.2) is 8.42 Å². The Morgan fingerprint density at radius 1 is 1.03 bits per heavy atom. The van der Waals surface area contributed by atoms with E-state index < -0.39 is 9.84 Å². The van der Waals surface area contributed by atoms with Crippen LogP contribution in [0.25, 0.3) is 11.5 Å². The van der Waals surface area contributed by atoms with Crippen LogP contribution >= 0.6 is 27.7 Å². The number of nitrogens with one attached hydrogen (secondary N) is 1. The van der Waals surface area contributed by atoms with E-state index in [0.717, 1.165) is 16.2 Å². The Morgan fingerprint density at radius 3 is 2.47 bits per heavy atom. The minimum absolute atomic E-state index is 0.0486. The number of benzene rings is 2. The van der Waals surface area contributed by atoms with E-state index >= 15 is 0 Å². The van der Waals surface area contributed by atoms with Crippen molar-refractivity contribution in [2.75, 3.05) is 5.75 Å². The zero-order valence-corrected chi connectivity index (χ0v) is 19.7. The van der Waals surface area contributed by atoms with Gasteiger partial charge < -0.3 is 14.2 Å². The maximum absolute atomic E-state index is 13.3. The third-order valence-electron chi connectivity index (χ3n) is 4.34. The lowest BCUT2D eigenvalue weighted by Crippen LogP contribution is -2.24.